The molecule has 0 spiro atoms. The molecule has 3 rings (SSSR count). The highest BCUT2D eigenvalue weighted by molar-refractivity contribution is 8.00. The predicted molar refractivity (Wildman–Crippen MR) is 105 cm³/mol. The Morgan fingerprint density at radius 3 is 2.72 bits per heavy atom. The summed E-state index contributed by atoms with van der Waals surface area (Å²) < 4.78 is 11.0. The first-order valence-corrected chi connectivity index (χ1v) is 10.5. The fraction of sp³-hybridized carbons (Fsp3) is 0.471. The molecule has 0 fully saturated rings. The summed E-state index contributed by atoms with van der Waals surface area (Å²) in [7, 11) is 2.88. The van der Waals surface area contributed by atoms with Gasteiger partial charge in [-0.15, -0.1) is 11.3 Å². The average molecular weight is 442 g/mol. The maximum Gasteiger partial charge on any atom is 0.441 e. The molecule has 3 heterocycles. The maximum absolute atomic E-state index is 12.7. The number of fused-ring (bicyclic) bond motifs is 1. The van der Waals surface area contributed by atoms with Gasteiger partial charge in [-0.05, 0) is 35.9 Å². The van der Waals surface area contributed by atoms with Gasteiger partial charge in [0.1, 0.15) is 5.00 Å². The van der Waals surface area contributed by atoms with E-state index in [-0.39, 0.29) is 16.8 Å². The average Bonchev–Trinajstić information content (AvgIpc) is 3.20. The van der Waals surface area contributed by atoms with Gasteiger partial charge in [-0.3, -0.25) is 14.1 Å². The number of nitrogens with one attached hydrogen (secondary N) is 2. The van der Waals surface area contributed by atoms with Crippen molar-refractivity contribution in [3.05, 3.63) is 26.4 Å². The van der Waals surface area contributed by atoms with E-state index < -0.39 is 16.8 Å². The molecule has 10 nitrogen and oxygen atoms in total. The number of thioether (sulfide) groups is 1. The normalized spacial score (nSPS) is 14.3. The second-order valence-corrected chi connectivity index (χ2v) is 8.92. The fourth-order valence-electron chi connectivity index (χ4n) is 2.97. The molecule has 2 amide bonds. The molecule has 12 heteroatoms. The van der Waals surface area contributed by atoms with Gasteiger partial charge in [0.05, 0.1) is 24.5 Å². The largest absolute Gasteiger partial charge is 0.465 e. The molecule has 0 aromatic carbocycles. The number of carbonyl (C=O) groups is 3. The van der Waals surface area contributed by atoms with Crippen molar-refractivity contribution < 1.29 is 28.3 Å². The zero-order valence-electron chi connectivity index (χ0n) is 16.4. The van der Waals surface area contributed by atoms with Gasteiger partial charge >= 0.3 is 16.6 Å². The van der Waals surface area contributed by atoms with Crippen LogP contribution in [-0.4, -0.2) is 46.9 Å². The zero-order chi connectivity index (χ0) is 21.3. The predicted octanol–water partition coefficient (Wildman–Crippen LogP) is 0.664. The fourth-order valence-corrected chi connectivity index (χ4v) is 5.06. The Kier molecular flexibility index (Phi) is 6.13. The summed E-state index contributed by atoms with van der Waals surface area (Å²) >= 11 is 2.30. The lowest BCUT2D eigenvalue weighted by atomic mass is 10.0. The van der Waals surface area contributed by atoms with Crippen LogP contribution in [0.2, 0.25) is 0 Å². The lowest BCUT2D eigenvalue weighted by Crippen LogP contribution is -2.35. The number of ether oxygens (including phenoxy) is 1. The number of methoxy groups -OCH3 is 1. The van der Waals surface area contributed by atoms with E-state index in [2.05, 4.69) is 15.1 Å². The van der Waals surface area contributed by atoms with Crippen LogP contribution in [0.4, 0.5) is 5.00 Å². The molecule has 1 atom stereocenters. The number of nitrogens with zero attached hydrogens (tertiary/aromatic N) is 2. The summed E-state index contributed by atoms with van der Waals surface area (Å²) in [6.07, 6.45) is 0.510. The number of carbonyl (C=O) groups excluding carboxylic acids is 3. The van der Waals surface area contributed by atoms with E-state index in [1.165, 1.54) is 30.1 Å². The molecule has 0 aliphatic carbocycles. The van der Waals surface area contributed by atoms with E-state index in [1.54, 1.807) is 18.9 Å². The topological polar surface area (TPSA) is 126 Å². The molecule has 156 valence electrons. The van der Waals surface area contributed by atoms with E-state index in [0.29, 0.717) is 30.1 Å². The number of hydrogen-bond donors (Lipinski definition) is 2. The smallest absolute Gasteiger partial charge is 0.441 e. The molecular weight excluding hydrogens is 420 g/mol. The van der Waals surface area contributed by atoms with E-state index in [4.69, 9.17) is 4.74 Å². The third kappa shape index (κ3) is 4.22. The van der Waals surface area contributed by atoms with Crippen molar-refractivity contribution in [2.75, 3.05) is 19.0 Å². The molecule has 0 saturated heterocycles. The number of hydrogen-bond acceptors (Lipinski definition) is 8. The molecule has 1 aliphatic rings. The second kappa shape index (κ2) is 8.41. The number of amides is 2. The van der Waals surface area contributed by atoms with Crippen LogP contribution in [0.25, 0.3) is 0 Å². The Hall–Kier alpha value is -2.60. The minimum absolute atomic E-state index is 0.0440. The number of aromatic nitrogens is 2. The zero-order valence-corrected chi connectivity index (χ0v) is 18.0. The van der Waals surface area contributed by atoms with Crippen LogP contribution >= 0.6 is 23.1 Å². The Morgan fingerprint density at radius 2 is 2.14 bits per heavy atom. The van der Waals surface area contributed by atoms with Gasteiger partial charge in [0.2, 0.25) is 11.8 Å². The van der Waals surface area contributed by atoms with Crippen molar-refractivity contribution in [1.29, 1.82) is 0 Å². The van der Waals surface area contributed by atoms with Crippen LogP contribution in [0.1, 0.15) is 34.6 Å². The van der Waals surface area contributed by atoms with Crippen molar-refractivity contribution in [3.63, 3.8) is 0 Å². The van der Waals surface area contributed by atoms with Crippen LogP contribution < -0.4 is 15.6 Å². The number of rotatable bonds is 5. The number of esters is 1. The van der Waals surface area contributed by atoms with E-state index in [9.17, 15) is 19.2 Å². The van der Waals surface area contributed by atoms with Crippen molar-refractivity contribution in [2.24, 2.45) is 7.05 Å². The molecule has 0 saturated carbocycles. The number of aryl methyl sites for hydroxylation is 1. The van der Waals surface area contributed by atoms with Crippen LogP contribution in [0.5, 0.6) is 0 Å². The van der Waals surface area contributed by atoms with Crippen LogP contribution in [-0.2, 0) is 34.3 Å². The monoisotopic (exact) mass is 441 g/mol. The molecule has 1 unspecified atom stereocenters. The summed E-state index contributed by atoms with van der Waals surface area (Å²) in [6, 6.07) is 0. The number of H-pyrrole nitrogens is 1. The van der Waals surface area contributed by atoms with Crippen LogP contribution in [0.3, 0.4) is 0 Å². The number of anilines is 1. The minimum atomic E-state index is -0.627. The SMILES string of the molecule is COC(=O)c1c(NC(=O)C(C)Sc2c(=O)o[nH][n+]2C)sc2c1CCN(C(C)=O)C2. The molecule has 2 aromatic rings. The van der Waals surface area contributed by atoms with Crippen molar-refractivity contribution in [3.8, 4) is 0 Å². The number of aromatic amines is 1. The summed E-state index contributed by atoms with van der Waals surface area (Å²) in [5.41, 5.74) is 0.559. The van der Waals surface area contributed by atoms with Gasteiger partial charge in [-0.2, -0.15) is 0 Å². The highest BCUT2D eigenvalue weighted by atomic mass is 32.2. The van der Waals surface area contributed by atoms with Gasteiger partial charge in [0.15, 0.2) is 7.05 Å². The third-order valence-electron chi connectivity index (χ3n) is 4.54. The Bertz CT molecular complexity index is 1020. The van der Waals surface area contributed by atoms with E-state index >= 15 is 0 Å². The van der Waals surface area contributed by atoms with Gasteiger partial charge in [-0.25, -0.2) is 9.59 Å². The van der Waals surface area contributed by atoms with Gasteiger partial charge in [0, 0.05) is 18.3 Å². The van der Waals surface area contributed by atoms with E-state index in [0.717, 1.165) is 22.2 Å². The highest BCUT2D eigenvalue weighted by Crippen LogP contribution is 2.38. The molecule has 2 aromatic heterocycles. The second-order valence-electron chi connectivity index (χ2n) is 6.48. The molecule has 1 aliphatic heterocycles. The molecule has 0 bridgehead atoms. The Morgan fingerprint density at radius 1 is 1.41 bits per heavy atom. The van der Waals surface area contributed by atoms with Crippen molar-refractivity contribution in [1.82, 2.24) is 10.2 Å². The Labute approximate surface area is 174 Å². The first-order chi connectivity index (χ1) is 13.7. The van der Waals surface area contributed by atoms with E-state index in [1.807, 2.05) is 0 Å². The van der Waals surface area contributed by atoms with Crippen molar-refractivity contribution >= 4 is 45.9 Å². The van der Waals surface area contributed by atoms with Crippen LogP contribution in [0, 0.1) is 0 Å². The minimum Gasteiger partial charge on any atom is -0.465 e. The first-order valence-electron chi connectivity index (χ1n) is 8.76. The van der Waals surface area contributed by atoms with Gasteiger partial charge < -0.3 is 15.0 Å². The Balaban J connectivity index is 1.84. The van der Waals surface area contributed by atoms with Gasteiger partial charge in [0.25, 0.3) is 0 Å². The molecular formula is C17H21N4O6S2+. The molecule has 29 heavy (non-hydrogen) atoms. The lowest BCUT2D eigenvalue weighted by molar-refractivity contribution is -0.772. The summed E-state index contributed by atoms with van der Waals surface area (Å²) in [6.45, 7) is 4.04. The maximum atomic E-state index is 12.7. The standard InChI is InChI=1S/C17H20N4O6S2/c1-8(28-15-17(25)27-19-20(15)3)13(23)18-14-12(16(24)26-4)10-5-6-21(9(2)22)7-11(10)29-14/h8H,5-7H2,1-4H3,(H-,18,19,23,24,25)/p+1. The number of thiophene rings is 1. The molecule has 0 radical (unpaired) electrons. The summed E-state index contributed by atoms with van der Waals surface area (Å²) in [4.78, 5) is 51.0. The molecule has 2 N–H and O–H groups in total. The van der Waals surface area contributed by atoms with Crippen LogP contribution in [0.15, 0.2) is 14.3 Å². The summed E-state index contributed by atoms with van der Waals surface area (Å²) in [5, 5.41) is 5.19. The van der Waals surface area contributed by atoms with Crippen molar-refractivity contribution in [2.45, 2.75) is 37.1 Å². The first kappa shape index (κ1) is 21.1. The quantitative estimate of drug-likeness (QED) is 0.397. The lowest BCUT2D eigenvalue weighted by Gasteiger charge is -2.25. The van der Waals surface area contributed by atoms with Gasteiger partial charge in [-0.1, -0.05) is 4.68 Å². The third-order valence-corrected chi connectivity index (χ3v) is 6.90. The summed E-state index contributed by atoms with van der Waals surface area (Å²) in [5.74, 6) is -0.952. The highest BCUT2D eigenvalue weighted by Gasteiger charge is 2.31.